The number of allylic oxidation sites excluding steroid dienone is 1. The molecule has 0 spiro atoms. The van der Waals surface area contributed by atoms with E-state index in [-0.39, 0.29) is 0 Å². The first-order chi connectivity index (χ1) is 9.68. The van der Waals surface area contributed by atoms with E-state index in [2.05, 4.69) is 48.6 Å². The Balaban J connectivity index is 2.06. The Bertz CT molecular complexity index is 822. The summed E-state index contributed by atoms with van der Waals surface area (Å²) in [6.07, 6.45) is 0. The van der Waals surface area contributed by atoms with E-state index in [9.17, 15) is 0 Å². The van der Waals surface area contributed by atoms with E-state index in [1.807, 2.05) is 30.3 Å². The minimum absolute atomic E-state index is 0.719. The number of fused-ring (bicyclic) bond motifs is 1. The summed E-state index contributed by atoms with van der Waals surface area (Å²) in [5, 5.41) is 4.34. The number of hydrogen-bond acceptors (Lipinski definition) is 0. The molecule has 0 fully saturated rings. The average molecular weight is 259 g/mol. The Labute approximate surface area is 118 Å². The summed E-state index contributed by atoms with van der Waals surface area (Å²) in [5.41, 5.74) is 2.23. The third kappa shape index (κ3) is 1.97. The monoisotopic (exact) mass is 259 g/mol. The van der Waals surface area contributed by atoms with Gasteiger partial charge in [0.15, 0.2) is 0 Å². The molecule has 1 aromatic heterocycles. The molecule has 0 saturated carbocycles. The largest absolute Gasteiger partial charge is 0.337 e. The SMILES string of the molecule is C=C(Cn1c(=C)c2ccccc2c1=C)c1ccccc1. The highest BCUT2D eigenvalue weighted by molar-refractivity contribution is 5.83. The maximum absolute atomic E-state index is 4.20. The van der Waals surface area contributed by atoms with Gasteiger partial charge in [0.25, 0.3) is 0 Å². The van der Waals surface area contributed by atoms with Gasteiger partial charge in [-0.2, -0.15) is 0 Å². The van der Waals surface area contributed by atoms with Gasteiger partial charge in [0.2, 0.25) is 0 Å². The van der Waals surface area contributed by atoms with E-state index in [0.717, 1.165) is 28.4 Å². The summed E-state index contributed by atoms with van der Waals surface area (Å²) >= 11 is 0. The van der Waals surface area contributed by atoms with Crippen LogP contribution in [-0.2, 0) is 6.54 Å². The Morgan fingerprint density at radius 2 is 1.30 bits per heavy atom. The van der Waals surface area contributed by atoms with Crippen LogP contribution in [-0.4, -0.2) is 4.57 Å². The van der Waals surface area contributed by atoms with Crippen molar-refractivity contribution in [3.8, 4) is 0 Å². The second-order valence-corrected chi connectivity index (χ2v) is 4.99. The summed E-state index contributed by atoms with van der Waals surface area (Å²) in [5.74, 6) is 0. The van der Waals surface area contributed by atoms with E-state index >= 15 is 0 Å². The van der Waals surface area contributed by atoms with E-state index in [1.54, 1.807) is 0 Å². The molecule has 1 heteroatoms. The molecule has 1 heterocycles. The van der Waals surface area contributed by atoms with Crippen LogP contribution >= 0.6 is 0 Å². The molecule has 3 aromatic rings. The van der Waals surface area contributed by atoms with Crippen LogP contribution in [0.1, 0.15) is 5.56 Å². The van der Waals surface area contributed by atoms with Crippen LogP contribution in [0.2, 0.25) is 0 Å². The molecule has 2 aromatic carbocycles. The Morgan fingerprint density at radius 1 is 0.800 bits per heavy atom. The van der Waals surface area contributed by atoms with Crippen LogP contribution in [0, 0.1) is 0 Å². The van der Waals surface area contributed by atoms with Gasteiger partial charge < -0.3 is 4.57 Å². The van der Waals surface area contributed by atoms with Crippen molar-refractivity contribution in [1.82, 2.24) is 4.57 Å². The van der Waals surface area contributed by atoms with Gasteiger partial charge in [-0.15, -0.1) is 0 Å². The Morgan fingerprint density at radius 3 is 1.85 bits per heavy atom. The molecule has 20 heavy (non-hydrogen) atoms. The second-order valence-electron chi connectivity index (χ2n) is 4.99. The Kier molecular flexibility index (Phi) is 3.03. The third-order valence-electron chi connectivity index (χ3n) is 3.73. The molecule has 0 saturated heterocycles. The molecule has 0 amide bonds. The second kappa shape index (κ2) is 4.86. The molecule has 0 atom stereocenters. The lowest BCUT2D eigenvalue weighted by atomic mass is 10.1. The van der Waals surface area contributed by atoms with Gasteiger partial charge in [0, 0.05) is 28.0 Å². The van der Waals surface area contributed by atoms with Gasteiger partial charge in [-0.25, -0.2) is 0 Å². The van der Waals surface area contributed by atoms with Crippen molar-refractivity contribution in [2.75, 3.05) is 0 Å². The first-order valence-electron chi connectivity index (χ1n) is 6.67. The lowest BCUT2D eigenvalue weighted by molar-refractivity contribution is 0.799. The van der Waals surface area contributed by atoms with Crippen molar-refractivity contribution in [2.45, 2.75) is 6.54 Å². The molecular weight excluding hydrogens is 242 g/mol. The molecule has 0 bridgehead atoms. The number of aromatic nitrogens is 1. The fourth-order valence-electron chi connectivity index (χ4n) is 2.59. The van der Waals surface area contributed by atoms with Crippen molar-refractivity contribution < 1.29 is 0 Å². The summed E-state index contributed by atoms with van der Waals surface area (Å²) in [7, 11) is 0. The van der Waals surface area contributed by atoms with Gasteiger partial charge in [0.1, 0.15) is 0 Å². The predicted molar refractivity (Wildman–Crippen MR) is 87.7 cm³/mol. The van der Waals surface area contributed by atoms with Gasteiger partial charge in [0.05, 0.1) is 0 Å². The van der Waals surface area contributed by atoms with Gasteiger partial charge in [-0.05, 0) is 11.1 Å². The highest BCUT2D eigenvalue weighted by Crippen LogP contribution is 2.13. The number of nitrogens with zero attached hydrogens (tertiary/aromatic N) is 1. The van der Waals surface area contributed by atoms with Crippen LogP contribution in [0.5, 0.6) is 0 Å². The minimum atomic E-state index is 0.719. The minimum Gasteiger partial charge on any atom is -0.337 e. The zero-order chi connectivity index (χ0) is 14.1. The zero-order valence-electron chi connectivity index (χ0n) is 11.5. The molecule has 0 radical (unpaired) electrons. The molecule has 1 nitrogen and oxygen atoms in total. The highest BCUT2D eigenvalue weighted by Gasteiger charge is 2.06. The fraction of sp³-hybridized carbons (Fsp3) is 0.0526. The number of rotatable bonds is 3. The van der Waals surface area contributed by atoms with Crippen molar-refractivity contribution in [3.05, 3.63) is 77.4 Å². The smallest absolute Gasteiger partial charge is 0.0481 e. The third-order valence-corrected chi connectivity index (χ3v) is 3.73. The van der Waals surface area contributed by atoms with Crippen molar-refractivity contribution >= 4 is 29.5 Å². The maximum atomic E-state index is 4.20. The number of benzene rings is 2. The van der Waals surface area contributed by atoms with Gasteiger partial charge >= 0.3 is 0 Å². The predicted octanol–water partition coefficient (Wildman–Crippen LogP) is 3.18. The normalized spacial score (nSPS) is 10.8. The van der Waals surface area contributed by atoms with Crippen molar-refractivity contribution in [2.24, 2.45) is 0 Å². The summed E-state index contributed by atoms with van der Waals surface area (Å²) < 4.78 is 2.14. The molecule has 0 aliphatic rings. The van der Waals surface area contributed by atoms with Crippen LogP contribution in [0.4, 0.5) is 0 Å². The van der Waals surface area contributed by atoms with Gasteiger partial charge in [-0.1, -0.05) is 74.3 Å². The van der Waals surface area contributed by atoms with Crippen molar-refractivity contribution in [3.63, 3.8) is 0 Å². The van der Waals surface area contributed by atoms with Crippen LogP contribution in [0.15, 0.2) is 61.2 Å². The first-order valence-corrected chi connectivity index (χ1v) is 6.67. The Hall–Kier alpha value is -2.54. The lowest BCUT2D eigenvalue weighted by Crippen LogP contribution is -2.25. The quantitative estimate of drug-likeness (QED) is 0.681. The zero-order valence-corrected chi connectivity index (χ0v) is 11.5. The van der Waals surface area contributed by atoms with Gasteiger partial charge in [-0.3, -0.25) is 0 Å². The molecular formula is C19H17N. The van der Waals surface area contributed by atoms with E-state index in [1.165, 1.54) is 10.8 Å². The molecule has 0 N–H and O–H groups in total. The average Bonchev–Trinajstić information content (AvgIpc) is 2.74. The van der Waals surface area contributed by atoms with Crippen LogP contribution in [0.25, 0.3) is 29.5 Å². The van der Waals surface area contributed by atoms with E-state index < -0.39 is 0 Å². The standard InChI is InChI=1S/C19H17N/c1-14(17-9-5-4-6-10-17)13-20-15(2)18-11-7-8-12-19(18)16(20)3/h4-12H,1-3,13H2. The molecule has 0 aliphatic heterocycles. The van der Waals surface area contributed by atoms with Crippen molar-refractivity contribution in [1.29, 1.82) is 0 Å². The maximum Gasteiger partial charge on any atom is 0.0481 e. The first kappa shape index (κ1) is 12.5. The van der Waals surface area contributed by atoms with E-state index in [0.29, 0.717) is 0 Å². The fourth-order valence-corrected chi connectivity index (χ4v) is 2.59. The van der Waals surface area contributed by atoms with E-state index in [4.69, 9.17) is 0 Å². The molecule has 3 rings (SSSR count). The van der Waals surface area contributed by atoms with Crippen LogP contribution in [0.3, 0.4) is 0 Å². The topological polar surface area (TPSA) is 4.93 Å². The summed E-state index contributed by atoms with van der Waals surface area (Å²) in [6, 6.07) is 18.5. The molecule has 98 valence electrons. The van der Waals surface area contributed by atoms with Crippen LogP contribution < -0.4 is 10.7 Å². The molecule has 0 unspecified atom stereocenters. The summed E-state index contributed by atoms with van der Waals surface area (Å²) in [6.45, 7) is 13.3. The molecule has 0 aliphatic carbocycles. The summed E-state index contributed by atoms with van der Waals surface area (Å²) in [4.78, 5) is 0. The lowest BCUT2D eigenvalue weighted by Gasteiger charge is -2.08. The highest BCUT2D eigenvalue weighted by atomic mass is 15.0. The number of hydrogen-bond donors (Lipinski definition) is 0.